The van der Waals surface area contributed by atoms with Gasteiger partial charge in [-0.25, -0.2) is 4.98 Å². The van der Waals surface area contributed by atoms with E-state index < -0.39 is 6.04 Å². The van der Waals surface area contributed by atoms with E-state index >= 15 is 0 Å². The fourth-order valence-corrected chi connectivity index (χ4v) is 3.23. The molecule has 2 amide bonds. The van der Waals surface area contributed by atoms with Gasteiger partial charge < -0.3 is 4.42 Å². The zero-order valence-electron chi connectivity index (χ0n) is 12.3. The van der Waals surface area contributed by atoms with E-state index in [1.54, 1.807) is 6.20 Å². The third-order valence-corrected chi connectivity index (χ3v) is 4.29. The molecule has 21 heavy (non-hydrogen) atoms. The highest BCUT2D eigenvalue weighted by atomic mass is 16.4. The lowest BCUT2D eigenvalue weighted by molar-refractivity contribution is -0.142. The summed E-state index contributed by atoms with van der Waals surface area (Å²) in [6, 6.07) is -0.332. The van der Waals surface area contributed by atoms with Crippen molar-refractivity contribution in [2.24, 2.45) is 0 Å². The molecule has 6 heteroatoms. The van der Waals surface area contributed by atoms with E-state index in [9.17, 15) is 9.59 Å². The Morgan fingerprint density at radius 3 is 2.76 bits per heavy atom. The second kappa shape index (κ2) is 5.97. The zero-order chi connectivity index (χ0) is 14.8. The largest absolute Gasteiger partial charge is 0.445 e. The predicted molar refractivity (Wildman–Crippen MR) is 75.2 cm³/mol. The van der Waals surface area contributed by atoms with Crippen LogP contribution < -0.4 is 5.32 Å². The van der Waals surface area contributed by atoms with Crippen molar-refractivity contribution in [1.29, 1.82) is 0 Å². The molecule has 2 fully saturated rings. The highest BCUT2D eigenvalue weighted by molar-refractivity contribution is 6.05. The molecule has 0 spiro atoms. The number of rotatable bonds is 4. The van der Waals surface area contributed by atoms with Crippen LogP contribution in [0.15, 0.2) is 10.6 Å². The van der Waals surface area contributed by atoms with Gasteiger partial charge in [-0.05, 0) is 19.8 Å². The number of carbonyl (C=O) groups excluding carboxylic acids is 2. The summed E-state index contributed by atoms with van der Waals surface area (Å²) in [6.45, 7) is 2.20. The number of aryl methyl sites for hydroxylation is 1. The van der Waals surface area contributed by atoms with Gasteiger partial charge in [-0.3, -0.25) is 19.8 Å². The SMILES string of the molecule is Cc1cnc(CNC2CC(=O)N(C3CCCCC3)C2=O)o1. The Hall–Kier alpha value is -1.69. The Bertz CT molecular complexity index is 534. The van der Waals surface area contributed by atoms with Crippen molar-refractivity contribution in [3.05, 3.63) is 17.8 Å². The van der Waals surface area contributed by atoms with Gasteiger partial charge in [-0.1, -0.05) is 19.3 Å². The molecule has 0 bridgehead atoms. The van der Waals surface area contributed by atoms with Gasteiger partial charge in [0.2, 0.25) is 17.7 Å². The maximum absolute atomic E-state index is 12.4. The van der Waals surface area contributed by atoms with Gasteiger partial charge in [0.15, 0.2) is 0 Å². The Balaban J connectivity index is 1.60. The van der Waals surface area contributed by atoms with E-state index in [1.807, 2.05) is 6.92 Å². The highest BCUT2D eigenvalue weighted by Gasteiger charge is 2.42. The summed E-state index contributed by atoms with van der Waals surface area (Å²) in [5, 5.41) is 3.09. The number of amides is 2. The molecule has 2 aliphatic rings. The number of nitrogens with zero attached hydrogens (tertiary/aromatic N) is 2. The number of aromatic nitrogens is 1. The van der Waals surface area contributed by atoms with Crippen molar-refractivity contribution in [2.75, 3.05) is 0 Å². The number of hydrogen-bond donors (Lipinski definition) is 1. The molecular weight excluding hydrogens is 270 g/mol. The topological polar surface area (TPSA) is 75.4 Å². The first-order valence-electron chi connectivity index (χ1n) is 7.66. The van der Waals surface area contributed by atoms with Crippen molar-refractivity contribution in [3.8, 4) is 0 Å². The molecule has 1 N–H and O–H groups in total. The van der Waals surface area contributed by atoms with Crippen LogP contribution in [0.3, 0.4) is 0 Å². The Kier molecular flexibility index (Phi) is 4.05. The molecule has 1 atom stereocenters. The Morgan fingerprint density at radius 1 is 1.33 bits per heavy atom. The first kappa shape index (κ1) is 14.3. The summed E-state index contributed by atoms with van der Waals surface area (Å²) in [7, 11) is 0. The fraction of sp³-hybridized carbons (Fsp3) is 0.667. The average molecular weight is 291 g/mol. The van der Waals surface area contributed by atoms with Crippen molar-refractivity contribution >= 4 is 11.8 Å². The van der Waals surface area contributed by atoms with Gasteiger partial charge in [0.05, 0.1) is 25.2 Å². The monoisotopic (exact) mass is 291 g/mol. The number of hydrogen-bond acceptors (Lipinski definition) is 5. The van der Waals surface area contributed by atoms with Gasteiger partial charge in [0, 0.05) is 6.04 Å². The van der Waals surface area contributed by atoms with E-state index in [1.165, 1.54) is 11.3 Å². The third kappa shape index (κ3) is 3.00. The van der Waals surface area contributed by atoms with Crippen LogP contribution in [-0.2, 0) is 16.1 Å². The van der Waals surface area contributed by atoms with Crippen LogP contribution in [0, 0.1) is 6.92 Å². The summed E-state index contributed by atoms with van der Waals surface area (Å²) < 4.78 is 5.37. The summed E-state index contributed by atoms with van der Waals surface area (Å²) in [5.74, 6) is 1.15. The van der Waals surface area contributed by atoms with Crippen molar-refractivity contribution in [2.45, 2.75) is 64.1 Å². The molecule has 2 heterocycles. The molecule has 114 valence electrons. The van der Waals surface area contributed by atoms with Crippen molar-refractivity contribution in [3.63, 3.8) is 0 Å². The first-order valence-corrected chi connectivity index (χ1v) is 7.66. The van der Waals surface area contributed by atoms with E-state index in [2.05, 4.69) is 10.3 Å². The molecule has 1 aromatic heterocycles. The normalized spacial score (nSPS) is 24.0. The minimum absolute atomic E-state index is 0.0482. The smallest absolute Gasteiger partial charge is 0.247 e. The summed E-state index contributed by atoms with van der Waals surface area (Å²) >= 11 is 0. The van der Waals surface area contributed by atoms with Gasteiger partial charge >= 0.3 is 0 Å². The third-order valence-electron chi connectivity index (χ3n) is 4.29. The molecular formula is C15H21N3O3. The average Bonchev–Trinajstić information content (AvgIpc) is 3.01. The Labute approximate surface area is 123 Å². The van der Waals surface area contributed by atoms with Crippen LogP contribution >= 0.6 is 0 Å². The van der Waals surface area contributed by atoms with E-state index in [4.69, 9.17) is 4.42 Å². The van der Waals surface area contributed by atoms with E-state index in [0.29, 0.717) is 12.4 Å². The number of oxazole rings is 1. The lowest BCUT2D eigenvalue weighted by Crippen LogP contribution is -2.44. The minimum atomic E-state index is -0.438. The highest BCUT2D eigenvalue weighted by Crippen LogP contribution is 2.27. The summed E-state index contributed by atoms with van der Waals surface area (Å²) in [5.41, 5.74) is 0. The van der Waals surface area contributed by atoms with Crippen molar-refractivity contribution < 1.29 is 14.0 Å². The molecule has 1 unspecified atom stereocenters. The van der Waals surface area contributed by atoms with E-state index in [0.717, 1.165) is 31.4 Å². The van der Waals surface area contributed by atoms with Gasteiger partial charge in [0.1, 0.15) is 5.76 Å². The van der Waals surface area contributed by atoms with Gasteiger partial charge in [0.25, 0.3) is 0 Å². The van der Waals surface area contributed by atoms with Crippen LogP contribution in [0.2, 0.25) is 0 Å². The van der Waals surface area contributed by atoms with Crippen LogP contribution in [-0.4, -0.2) is 33.8 Å². The van der Waals surface area contributed by atoms with Crippen molar-refractivity contribution in [1.82, 2.24) is 15.2 Å². The quantitative estimate of drug-likeness (QED) is 0.852. The van der Waals surface area contributed by atoms with Gasteiger partial charge in [-0.2, -0.15) is 0 Å². The predicted octanol–water partition coefficient (Wildman–Crippen LogP) is 1.53. The molecule has 6 nitrogen and oxygen atoms in total. The molecule has 1 aromatic rings. The van der Waals surface area contributed by atoms with Crippen LogP contribution in [0.1, 0.15) is 50.2 Å². The molecule has 1 aliphatic carbocycles. The number of carbonyl (C=O) groups is 2. The zero-order valence-corrected chi connectivity index (χ0v) is 12.3. The molecule has 1 saturated carbocycles. The fourth-order valence-electron chi connectivity index (χ4n) is 3.23. The lowest BCUT2D eigenvalue weighted by Gasteiger charge is -2.29. The second-order valence-electron chi connectivity index (χ2n) is 5.90. The standard InChI is InChI=1S/C15H21N3O3/c1-10-8-17-13(21-10)9-16-12-7-14(19)18(15(12)20)11-5-3-2-4-6-11/h8,11-12,16H,2-7,9H2,1H3. The lowest BCUT2D eigenvalue weighted by atomic mass is 9.94. The number of imide groups is 1. The minimum Gasteiger partial charge on any atom is -0.445 e. The molecule has 0 radical (unpaired) electrons. The number of likely N-dealkylation sites (tertiary alicyclic amines) is 1. The number of nitrogens with one attached hydrogen (secondary N) is 1. The van der Waals surface area contributed by atoms with Gasteiger partial charge in [-0.15, -0.1) is 0 Å². The first-order chi connectivity index (χ1) is 10.1. The van der Waals surface area contributed by atoms with Crippen LogP contribution in [0.25, 0.3) is 0 Å². The second-order valence-corrected chi connectivity index (χ2v) is 5.90. The maximum atomic E-state index is 12.4. The van der Waals surface area contributed by atoms with E-state index in [-0.39, 0.29) is 24.3 Å². The molecule has 1 aliphatic heterocycles. The maximum Gasteiger partial charge on any atom is 0.247 e. The van der Waals surface area contributed by atoms with Crippen LogP contribution in [0.4, 0.5) is 0 Å². The summed E-state index contributed by atoms with van der Waals surface area (Å²) in [6.07, 6.45) is 7.21. The summed E-state index contributed by atoms with van der Waals surface area (Å²) in [4.78, 5) is 30.2. The Morgan fingerprint density at radius 2 is 2.10 bits per heavy atom. The molecule has 0 aromatic carbocycles. The molecule has 1 saturated heterocycles. The van der Waals surface area contributed by atoms with Crippen LogP contribution in [0.5, 0.6) is 0 Å². The molecule has 3 rings (SSSR count).